The fraction of sp³-hybridized carbons (Fsp3) is 0.350. The van der Waals surface area contributed by atoms with Crippen molar-refractivity contribution >= 4 is 40.8 Å². The minimum Gasteiger partial charge on any atom is -0.353 e. The predicted octanol–water partition coefficient (Wildman–Crippen LogP) is 4.69. The quantitative estimate of drug-likeness (QED) is 0.846. The van der Waals surface area contributed by atoms with Crippen LogP contribution in [0.2, 0.25) is 0 Å². The third-order valence-electron chi connectivity index (χ3n) is 4.68. The van der Waals surface area contributed by atoms with Crippen molar-refractivity contribution < 1.29 is 4.79 Å². The summed E-state index contributed by atoms with van der Waals surface area (Å²) in [6.45, 7) is 0.710. The van der Waals surface area contributed by atoms with Crippen LogP contribution in [0.3, 0.4) is 0 Å². The van der Waals surface area contributed by atoms with Crippen molar-refractivity contribution in [2.24, 2.45) is 0 Å². The van der Waals surface area contributed by atoms with Crippen molar-refractivity contribution in [3.05, 3.63) is 48.5 Å². The topological polar surface area (TPSA) is 32.3 Å². The van der Waals surface area contributed by atoms with Gasteiger partial charge in [-0.15, -0.1) is 0 Å². The van der Waals surface area contributed by atoms with E-state index in [1.807, 2.05) is 11.8 Å². The zero-order valence-corrected chi connectivity index (χ0v) is 15.7. The zero-order valence-electron chi connectivity index (χ0n) is 14.1. The maximum Gasteiger partial charge on any atom is 0.222 e. The van der Waals surface area contributed by atoms with Crippen LogP contribution in [-0.2, 0) is 4.79 Å². The first kappa shape index (κ1) is 16.9. The molecule has 1 N–H and O–H groups in total. The van der Waals surface area contributed by atoms with Crippen molar-refractivity contribution in [1.82, 2.24) is 5.32 Å². The Balaban J connectivity index is 1.47. The van der Waals surface area contributed by atoms with Gasteiger partial charge in [0.25, 0.3) is 0 Å². The number of rotatable bonds is 4. The molecule has 0 aliphatic carbocycles. The molecule has 0 saturated carbocycles. The Morgan fingerprint density at radius 3 is 2.24 bits per heavy atom. The Hall–Kier alpha value is -1.59. The van der Waals surface area contributed by atoms with E-state index in [4.69, 9.17) is 0 Å². The molecule has 2 aliphatic rings. The second kappa shape index (κ2) is 7.75. The summed E-state index contributed by atoms with van der Waals surface area (Å²) in [5.41, 5.74) is 2.40. The molecule has 130 valence electrons. The first-order valence-electron chi connectivity index (χ1n) is 8.82. The van der Waals surface area contributed by atoms with Gasteiger partial charge in [-0.3, -0.25) is 4.79 Å². The third-order valence-corrected chi connectivity index (χ3v) is 6.86. The summed E-state index contributed by atoms with van der Waals surface area (Å²) in [6.07, 6.45) is 2.72. The van der Waals surface area contributed by atoms with Crippen LogP contribution >= 0.6 is 23.5 Å². The molecular weight excluding hydrogens is 348 g/mol. The van der Waals surface area contributed by atoms with Gasteiger partial charge in [0.2, 0.25) is 5.91 Å². The highest BCUT2D eigenvalue weighted by molar-refractivity contribution is 7.99. The average molecular weight is 371 g/mol. The lowest BCUT2D eigenvalue weighted by molar-refractivity contribution is -0.121. The number of thioether (sulfide) groups is 1. The molecule has 0 radical (unpaired) electrons. The molecule has 2 aromatic carbocycles. The number of nitrogens with one attached hydrogen (secondary N) is 1. The van der Waals surface area contributed by atoms with Crippen LogP contribution in [0.1, 0.15) is 19.3 Å². The van der Waals surface area contributed by atoms with Gasteiger partial charge in [0.1, 0.15) is 0 Å². The van der Waals surface area contributed by atoms with Gasteiger partial charge >= 0.3 is 0 Å². The third kappa shape index (κ3) is 3.82. The first-order chi connectivity index (χ1) is 12.3. The van der Waals surface area contributed by atoms with Crippen LogP contribution in [-0.4, -0.2) is 30.0 Å². The summed E-state index contributed by atoms with van der Waals surface area (Å²) < 4.78 is 0. The number of carbonyl (C=O) groups is 1. The highest BCUT2D eigenvalue weighted by atomic mass is 32.2. The van der Waals surface area contributed by atoms with E-state index in [9.17, 15) is 4.79 Å². The molecular formula is C20H22N2OS2. The van der Waals surface area contributed by atoms with Crippen LogP contribution in [0.25, 0.3) is 0 Å². The van der Waals surface area contributed by atoms with Crippen molar-refractivity contribution in [2.75, 3.05) is 23.0 Å². The monoisotopic (exact) mass is 370 g/mol. The summed E-state index contributed by atoms with van der Waals surface area (Å²) in [6, 6.07) is 17.3. The van der Waals surface area contributed by atoms with E-state index in [0.29, 0.717) is 19.0 Å². The molecule has 25 heavy (non-hydrogen) atoms. The number of fused-ring (bicyclic) bond motifs is 2. The normalized spacial score (nSPS) is 16.9. The van der Waals surface area contributed by atoms with Gasteiger partial charge in [-0.05, 0) is 48.6 Å². The predicted molar refractivity (Wildman–Crippen MR) is 107 cm³/mol. The molecule has 0 spiro atoms. The minimum absolute atomic E-state index is 0.171. The van der Waals surface area contributed by atoms with Crippen molar-refractivity contribution in [2.45, 2.75) is 35.1 Å². The summed E-state index contributed by atoms with van der Waals surface area (Å²) in [5, 5.41) is 3.22. The zero-order chi connectivity index (χ0) is 17.1. The number of hydrogen-bond donors (Lipinski definition) is 1. The highest BCUT2D eigenvalue weighted by Crippen LogP contribution is 2.47. The molecule has 2 aliphatic heterocycles. The molecule has 2 aromatic rings. The van der Waals surface area contributed by atoms with E-state index in [1.165, 1.54) is 21.2 Å². The van der Waals surface area contributed by atoms with Crippen LogP contribution in [0.15, 0.2) is 58.3 Å². The first-order valence-corrected chi connectivity index (χ1v) is 10.8. The number of amides is 1. The molecule has 5 heteroatoms. The molecule has 0 unspecified atom stereocenters. The number of benzene rings is 2. The minimum atomic E-state index is 0.171. The molecule has 2 heterocycles. The highest BCUT2D eigenvalue weighted by Gasteiger charge is 2.23. The molecule has 1 amide bonds. The molecule has 1 saturated heterocycles. The van der Waals surface area contributed by atoms with Gasteiger partial charge in [0.05, 0.1) is 11.4 Å². The smallest absolute Gasteiger partial charge is 0.222 e. The molecule has 0 bridgehead atoms. The number of hydrogen-bond acceptors (Lipinski definition) is 4. The van der Waals surface area contributed by atoms with Gasteiger partial charge in [0, 0.05) is 28.8 Å². The standard InChI is InChI=1S/C20H22N2OS2/c23-20(21-15-10-13-24-14-11-15)9-12-22-16-5-1-3-7-18(16)25-19-8-4-2-6-17(19)22/h1-8,15H,9-14H2,(H,21,23). The van der Waals surface area contributed by atoms with Gasteiger partial charge in [0.15, 0.2) is 0 Å². The van der Waals surface area contributed by atoms with Crippen LogP contribution in [0, 0.1) is 0 Å². The SMILES string of the molecule is O=C(CCN1c2ccccc2Sc2ccccc21)NC1CCSCC1. The second-order valence-electron chi connectivity index (χ2n) is 6.39. The Kier molecular flexibility index (Phi) is 5.22. The summed E-state index contributed by atoms with van der Waals surface area (Å²) >= 11 is 3.79. The Morgan fingerprint density at radius 1 is 1.00 bits per heavy atom. The molecule has 4 rings (SSSR count). The number of anilines is 2. The van der Waals surface area contributed by atoms with Crippen molar-refractivity contribution in [3.63, 3.8) is 0 Å². The van der Waals surface area contributed by atoms with Crippen molar-refractivity contribution in [1.29, 1.82) is 0 Å². The fourth-order valence-electron chi connectivity index (χ4n) is 3.38. The van der Waals surface area contributed by atoms with E-state index in [0.717, 1.165) is 24.3 Å². The Morgan fingerprint density at radius 2 is 1.60 bits per heavy atom. The molecule has 3 nitrogen and oxygen atoms in total. The number of para-hydroxylation sites is 2. The number of nitrogens with zero attached hydrogens (tertiary/aromatic N) is 1. The van der Waals surface area contributed by atoms with Gasteiger partial charge in [-0.25, -0.2) is 0 Å². The summed E-state index contributed by atoms with van der Waals surface area (Å²) in [7, 11) is 0. The maximum absolute atomic E-state index is 12.4. The fourth-order valence-corrected chi connectivity index (χ4v) is 5.58. The Bertz CT molecular complexity index is 713. The van der Waals surface area contributed by atoms with Gasteiger partial charge in [-0.2, -0.15) is 11.8 Å². The van der Waals surface area contributed by atoms with E-state index in [-0.39, 0.29) is 5.91 Å². The second-order valence-corrected chi connectivity index (χ2v) is 8.70. The van der Waals surface area contributed by atoms with Gasteiger partial charge in [-0.1, -0.05) is 36.0 Å². The average Bonchev–Trinajstić information content (AvgIpc) is 2.66. The van der Waals surface area contributed by atoms with Gasteiger partial charge < -0.3 is 10.2 Å². The van der Waals surface area contributed by atoms with Crippen LogP contribution in [0.4, 0.5) is 11.4 Å². The lowest BCUT2D eigenvalue weighted by Crippen LogP contribution is -2.38. The van der Waals surface area contributed by atoms with E-state index in [2.05, 4.69) is 58.7 Å². The molecule has 0 aromatic heterocycles. The largest absolute Gasteiger partial charge is 0.353 e. The molecule has 0 atom stereocenters. The molecule has 1 fully saturated rings. The summed E-state index contributed by atoms with van der Waals surface area (Å²) in [4.78, 5) is 17.2. The van der Waals surface area contributed by atoms with Crippen LogP contribution in [0.5, 0.6) is 0 Å². The van der Waals surface area contributed by atoms with E-state index < -0.39 is 0 Å². The lowest BCUT2D eigenvalue weighted by Gasteiger charge is -2.32. The van der Waals surface area contributed by atoms with E-state index in [1.54, 1.807) is 11.8 Å². The maximum atomic E-state index is 12.4. The summed E-state index contributed by atoms with van der Waals surface area (Å²) in [5.74, 6) is 2.49. The van der Waals surface area contributed by atoms with E-state index >= 15 is 0 Å². The van der Waals surface area contributed by atoms with Crippen molar-refractivity contribution in [3.8, 4) is 0 Å². The lowest BCUT2D eigenvalue weighted by atomic mass is 10.1. The van der Waals surface area contributed by atoms with Crippen LogP contribution < -0.4 is 10.2 Å². The Labute approximate surface area is 157 Å². The number of carbonyl (C=O) groups excluding carboxylic acids is 1.